The lowest BCUT2D eigenvalue weighted by molar-refractivity contribution is 0.0965. The minimum absolute atomic E-state index is 0.0295. The van der Waals surface area contributed by atoms with E-state index in [1.54, 1.807) is 11.8 Å². The van der Waals surface area contributed by atoms with Crippen LogP contribution in [0.1, 0.15) is 27.0 Å². The highest BCUT2D eigenvalue weighted by molar-refractivity contribution is 14.1. The first-order valence-electron chi connectivity index (χ1n) is 8.60. The van der Waals surface area contributed by atoms with Crippen LogP contribution in [0.5, 0.6) is 0 Å². The van der Waals surface area contributed by atoms with Gasteiger partial charge in [0.2, 0.25) is 0 Å². The van der Waals surface area contributed by atoms with Crippen LogP contribution >= 0.6 is 34.4 Å². The molecule has 0 fully saturated rings. The number of rotatable bonds is 10. The maximum atomic E-state index is 11.7. The molecule has 0 aliphatic carbocycles. The number of benzene rings is 2. The lowest BCUT2D eigenvalue weighted by Crippen LogP contribution is -2.12. The van der Waals surface area contributed by atoms with E-state index < -0.39 is 0 Å². The van der Waals surface area contributed by atoms with Crippen LogP contribution in [0, 0.1) is 0 Å². The minimum atomic E-state index is 0.0295. The summed E-state index contributed by atoms with van der Waals surface area (Å²) < 4.78 is 12.3. The van der Waals surface area contributed by atoms with Crippen molar-refractivity contribution in [1.82, 2.24) is 5.32 Å². The average molecular weight is 483 g/mol. The van der Waals surface area contributed by atoms with E-state index in [1.807, 2.05) is 12.1 Å². The number of thioether (sulfide) groups is 1. The summed E-state index contributed by atoms with van der Waals surface area (Å²) in [6.07, 6.45) is 0. The summed E-state index contributed by atoms with van der Waals surface area (Å²) in [5, 5.41) is 2.88. The Balaban J connectivity index is 1.38. The molecule has 138 valence electrons. The van der Waals surface area contributed by atoms with E-state index in [4.69, 9.17) is 9.47 Å². The van der Waals surface area contributed by atoms with Gasteiger partial charge in [0.25, 0.3) is 5.91 Å². The molecule has 1 heterocycles. The maximum Gasteiger partial charge on any atom is 0.251 e. The number of hydrogen-bond donors (Lipinski definition) is 1. The zero-order valence-corrected chi connectivity index (χ0v) is 17.5. The highest BCUT2D eigenvalue weighted by Crippen LogP contribution is 2.28. The summed E-state index contributed by atoms with van der Waals surface area (Å²) in [4.78, 5) is 12.9. The fourth-order valence-corrected chi connectivity index (χ4v) is 4.00. The standard InChI is InChI=1S/C20H22INO3S/c21-8-9-24-13-15-4-6-16(7-5-15)14-25-10-11-26-19-3-1-2-17-18(19)12-22-20(17)23/h1-7H,8-14H2,(H,22,23). The Labute approximate surface area is 172 Å². The number of fused-ring (bicyclic) bond motifs is 1. The van der Waals surface area contributed by atoms with E-state index in [9.17, 15) is 4.79 Å². The van der Waals surface area contributed by atoms with Gasteiger partial charge >= 0.3 is 0 Å². The van der Waals surface area contributed by atoms with Crippen molar-refractivity contribution in [3.8, 4) is 0 Å². The summed E-state index contributed by atoms with van der Waals surface area (Å²) in [6.45, 7) is 3.38. The Bertz CT molecular complexity index is 736. The first kappa shape index (κ1) is 19.7. The highest BCUT2D eigenvalue weighted by Gasteiger charge is 2.20. The van der Waals surface area contributed by atoms with E-state index in [0.717, 1.165) is 27.9 Å². The van der Waals surface area contributed by atoms with Crippen molar-refractivity contribution < 1.29 is 14.3 Å². The van der Waals surface area contributed by atoms with Crippen molar-refractivity contribution in [2.24, 2.45) is 0 Å². The Morgan fingerprint density at radius 2 is 1.69 bits per heavy atom. The van der Waals surface area contributed by atoms with E-state index in [2.05, 4.69) is 58.2 Å². The Morgan fingerprint density at radius 3 is 2.38 bits per heavy atom. The van der Waals surface area contributed by atoms with Crippen LogP contribution in [-0.4, -0.2) is 29.3 Å². The van der Waals surface area contributed by atoms with Gasteiger partial charge in [-0.1, -0.05) is 52.9 Å². The van der Waals surface area contributed by atoms with Gasteiger partial charge in [-0.3, -0.25) is 4.79 Å². The SMILES string of the molecule is O=C1NCc2c(SCCOCc3ccc(COCCI)cc3)cccc21. The van der Waals surface area contributed by atoms with E-state index in [0.29, 0.717) is 26.4 Å². The summed E-state index contributed by atoms with van der Waals surface area (Å²) in [5.41, 5.74) is 4.28. The Morgan fingerprint density at radius 1 is 1.00 bits per heavy atom. The van der Waals surface area contributed by atoms with Crippen LogP contribution in [0.4, 0.5) is 0 Å². The maximum absolute atomic E-state index is 11.7. The van der Waals surface area contributed by atoms with Gasteiger partial charge in [-0.2, -0.15) is 0 Å². The van der Waals surface area contributed by atoms with Crippen molar-refractivity contribution in [3.63, 3.8) is 0 Å². The van der Waals surface area contributed by atoms with Crippen molar-refractivity contribution in [2.45, 2.75) is 24.7 Å². The number of nitrogens with one attached hydrogen (secondary N) is 1. The predicted molar refractivity (Wildman–Crippen MR) is 113 cm³/mol. The molecule has 6 heteroatoms. The molecule has 0 saturated carbocycles. The number of carbonyl (C=O) groups is 1. The van der Waals surface area contributed by atoms with Gasteiger partial charge < -0.3 is 14.8 Å². The molecule has 0 bridgehead atoms. The normalized spacial score (nSPS) is 12.9. The third kappa shape index (κ3) is 5.45. The van der Waals surface area contributed by atoms with E-state index in [1.165, 1.54) is 16.0 Å². The molecule has 4 nitrogen and oxygen atoms in total. The van der Waals surface area contributed by atoms with Crippen molar-refractivity contribution in [2.75, 3.05) is 23.4 Å². The molecule has 0 radical (unpaired) electrons. The zero-order valence-electron chi connectivity index (χ0n) is 14.5. The van der Waals surface area contributed by atoms with Crippen LogP contribution in [0.2, 0.25) is 0 Å². The molecular formula is C20H22INO3S. The number of alkyl halides is 1. The number of ether oxygens (including phenoxy) is 2. The second-order valence-electron chi connectivity index (χ2n) is 5.92. The van der Waals surface area contributed by atoms with Gasteiger partial charge in [-0.15, -0.1) is 11.8 Å². The zero-order chi connectivity index (χ0) is 18.2. The van der Waals surface area contributed by atoms with Crippen LogP contribution in [0.25, 0.3) is 0 Å². The average Bonchev–Trinajstić information content (AvgIpc) is 3.05. The van der Waals surface area contributed by atoms with Gasteiger partial charge in [0.05, 0.1) is 26.4 Å². The molecule has 1 amide bonds. The third-order valence-electron chi connectivity index (χ3n) is 4.07. The van der Waals surface area contributed by atoms with Gasteiger partial charge in [-0.05, 0) is 28.8 Å². The fourth-order valence-electron chi connectivity index (χ4n) is 2.74. The molecule has 0 spiro atoms. The molecule has 0 aromatic heterocycles. The summed E-state index contributed by atoms with van der Waals surface area (Å²) in [5.74, 6) is 0.897. The van der Waals surface area contributed by atoms with Crippen LogP contribution < -0.4 is 5.32 Å². The first-order chi connectivity index (χ1) is 12.8. The topological polar surface area (TPSA) is 47.6 Å². The summed E-state index contributed by atoms with van der Waals surface area (Å²) in [6, 6.07) is 14.3. The van der Waals surface area contributed by atoms with Crippen molar-refractivity contribution in [1.29, 1.82) is 0 Å². The van der Waals surface area contributed by atoms with Gasteiger partial charge in [-0.25, -0.2) is 0 Å². The number of halogens is 1. The number of amides is 1. The number of hydrogen-bond acceptors (Lipinski definition) is 4. The van der Waals surface area contributed by atoms with E-state index in [-0.39, 0.29) is 5.91 Å². The lowest BCUT2D eigenvalue weighted by Gasteiger charge is -2.08. The monoisotopic (exact) mass is 483 g/mol. The number of carbonyl (C=O) groups excluding carboxylic acids is 1. The minimum Gasteiger partial charge on any atom is -0.376 e. The van der Waals surface area contributed by atoms with Crippen molar-refractivity contribution >= 4 is 40.3 Å². The lowest BCUT2D eigenvalue weighted by atomic mass is 10.1. The summed E-state index contributed by atoms with van der Waals surface area (Å²) >= 11 is 4.05. The summed E-state index contributed by atoms with van der Waals surface area (Å²) in [7, 11) is 0. The molecule has 0 atom stereocenters. The Hall–Kier alpha value is -1.09. The van der Waals surface area contributed by atoms with Crippen LogP contribution in [-0.2, 0) is 29.2 Å². The van der Waals surface area contributed by atoms with Gasteiger partial charge in [0.15, 0.2) is 0 Å². The smallest absolute Gasteiger partial charge is 0.251 e. The second kappa shape index (κ2) is 10.3. The van der Waals surface area contributed by atoms with Crippen LogP contribution in [0.3, 0.4) is 0 Å². The van der Waals surface area contributed by atoms with Crippen molar-refractivity contribution in [3.05, 3.63) is 64.7 Å². The molecule has 0 unspecified atom stereocenters. The largest absolute Gasteiger partial charge is 0.376 e. The third-order valence-corrected chi connectivity index (χ3v) is 5.58. The van der Waals surface area contributed by atoms with E-state index >= 15 is 0 Å². The molecular weight excluding hydrogens is 461 g/mol. The molecule has 1 aliphatic rings. The van der Waals surface area contributed by atoms with Gasteiger partial charge in [0, 0.05) is 27.2 Å². The van der Waals surface area contributed by atoms with Gasteiger partial charge in [0.1, 0.15) is 0 Å². The molecule has 2 aromatic carbocycles. The Kier molecular flexibility index (Phi) is 7.79. The molecule has 3 rings (SSSR count). The molecule has 2 aromatic rings. The molecule has 26 heavy (non-hydrogen) atoms. The second-order valence-corrected chi connectivity index (χ2v) is 8.14. The van der Waals surface area contributed by atoms with Crippen LogP contribution in [0.15, 0.2) is 47.4 Å². The quantitative estimate of drug-likeness (QED) is 0.238. The molecule has 1 N–H and O–H groups in total. The fraction of sp³-hybridized carbons (Fsp3) is 0.350. The molecule has 1 aliphatic heterocycles. The molecule has 0 saturated heterocycles. The first-order valence-corrected chi connectivity index (χ1v) is 11.1. The predicted octanol–water partition coefficient (Wildman–Crippen LogP) is 4.19. The highest BCUT2D eigenvalue weighted by atomic mass is 127.